The molecule has 0 amide bonds. The van der Waals surface area contributed by atoms with Crippen molar-refractivity contribution in [3.63, 3.8) is 0 Å². The van der Waals surface area contributed by atoms with Crippen molar-refractivity contribution in [2.75, 3.05) is 0 Å². The van der Waals surface area contributed by atoms with Gasteiger partial charge in [-0.25, -0.2) is 17.2 Å². The molecule has 0 aromatic carbocycles. The fourth-order valence-corrected chi connectivity index (χ4v) is 3.77. The summed E-state index contributed by atoms with van der Waals surface area (Å²) in [5.74, 6) is -1.67. The van der Waals surface area contributed by atoms with E-state index < -0.39 is 34.9 Å². The molecule has 10 heteroatoms. The number of thiophene rings is 1. The van der Waals surface area contributed by atoms with E-state index in [1.165, 1.54) is 6.07 Å². The molecule has 1 unspecified atom stereocenters. The Kier molecular flexibility index (Phi) is 5.02. The third-order valence-corrected chi connectivity index (χ3v) is 5.02. The fourth-order valence-electron chi connectivity index (χ4n) is 1.07. The molecule has 0 saturated carbocycles. The highest BCUT2D eigenvalue weighted by Gasteiger charge is 2.29. The van der Waals surface area contributed by atoms with Gasteiger partial charge < -0.3 is 5.11 Å². The molecule has 0 radical (unpaired) electrons. The van der Waals surface area contributed by atoms with Crippen LogP contribution in [-0.4, -0.2) is 32.0 Å². The molecule has 1 rings (SSSR count). The summed E-state index contributed by atoms with van der Waals surface area (Å²) in [6.45, 7) is 0. The number of rotatable bonds is 6. The summed E-state index contributed by atoms with van der Waals surface area (Å²) in [5, 5.41) is 8.65. The second-order valence-electron chi connectivity index (χ2n) is 3.20. The maximum absolute atomic E-state index is 12.1. The number of carboxylic acid groups (broad SMARTS) is 1. The monoisotopic (exact) mass is 319 g/mol. The molecule has 5 nitrogen and oxygen atoms in total. The number of halogens is 3. The third-order valence-electron chi connectivity index (χ3n) is 1.82. The highest BCUT2D eigenvalue weighted by molar-refractivity contribution is 7.91. The van der Waals surface area contributed by atoms with Crippen LogP contribution >= 0.6 is 22.9 Å². The Labute approximate surface area is 110 Å². The van der Waals surface area contributed by atoms with Crippen LogP contribution in [0.25, 0.3) is 0 Å². The van der Waals surface area contributed by atoms with Crippen molar-refractivity contribution in [3.05, 3.63) is 16.5 Å². The van der Waals surface area contributed by atoms with Gasteiger partial charge in [-0.1, -0.05) is 11.6 Å². The first kappa shape index (κ1) is 15.3. The Hall–Kier alpha value is -0.770. The summed E-state index contributed by atoms with van der Waals surface area (Å²) in [5.41, 5.74) is 0. The molecule has 0 spiro atoms. The molecular weight excluding hydrogens is 312 g/mol. The van der Waals surface area contributed by atoms with E-state index in [4.69, 9.17) is 16.7 Å². The minimum Gasteiger partial charge on any atom is -0.480 e. The summed E-state index contributed by atoms with van der Waals surface area (Å²) in [4.78, 5) is 10.7. The molecule has 0 aliphatic heterocycles. The van der Waals surface area contributed by atoms with Crippen molar-refractivity contribution in [2.24, 2.45) is 0 Å². The zero-order valence-electron chi connectivity index (χ0n) is 8.64. The van der Waals surface area contributed by atoms with Gasteiger partial charge in [0.05, 0.1) is 4.34 Å². The van der Waals surface area contributed by atoms with Crippen molar-refractivity contribution in [1.82, 2.24) is 4.72 Å². The molecule has 1 atom stereocenters. The molecule has 0 bridgehead atoms. The van der Waals surface area contributed by atoms with Crippen molar-refractivity contribution < 1.29 is 27.1 Å². The van der Waals surface area contributed by atoms with Crippen LogP contribution in [0.15, 0.2) is 16.3 Å². The van der Waals surface area contributed by atoms with Gasteiger partial charge in [0.2, 0.25) is 6.43 Å². The molecule has 1 aromatic heterocycles. The molecule has 0 aliphatic carbocycles. The number of carbonyl (C=O) groups is 1. The summed E-state index contributed by atoms with van der Waals surface area (Å²) < 4.78 is 49.2. The summed E-state index contributed by atoms with van der Waals surface area (Å²) >= 11 is 6.24. The molecular formula is C8H8ClF2NO4S2. The maximum atomic E-state index is 12.1. The third kappa shape index (κ3) is 4.16. The van der Waals surface area contributed by atoms with E-state index in [-0.39, 0.29) is 8.55 Å². The largest absolute Gasteiger partial charge is 0.480 e. The van der Waals surface area contributed by atoms with Crippen LogP contribution in [0.5, 0.6) is 0 Å². The molecule has 1 heterocycles. The van der Waals surface area contributed by atoms with Crippen LogP contribution in [-0.2, 0) is 14.8 Å². The van der Waals surface area contributed by atoms with Crippen LogP contribution < -0.4 is 4.72 Å². The Balaban J connectivity index is 2.89. The predicted molar refractivity (Wildman–Crippen MR) is 61.7 cm³/mol. The first-order valence-corrected chi connectivity index (χ1v) is 7.19. The van der Waals surface area contributed by atoms with E-state index in [9.17, 15) is 22.0 Å². The van der Waals surface area contributed by atoms with Crippen LogP contribution in [0, 0.1) is 0 Å². The van der Waals surface area contributed by atoms with Gasteiger partial charge in [0.15, 0.2) is 0 Å². The lowest BCUT2D eigenvalue weighted by Gasteiger charge is -2.13. The lowest BCUT2D eigenvalue weighted by Crippen LogP contribution is -2.41. The zero-order chi connectivity index (χ0) is 13.9. The van der Waals surface area contributed by atoms with Crippen molar-refractivity contribution >= 4 is 38.9 Å². The summed E-state index contributed by atoms with van der Waals surface area (Å²) in [6, 6.07) is 0.594. The number of sulfonamides is 1. The van der Waals surface area contributed by atoms with Crippen molar-refractivity contribution in [2.45, 2.75) is 23.1 Å². The average Bonchev–Trinajstić information content (AvgIpc) is 2.63. The van der Waals surface area contributed by atoms with Gasteiger partial charge in [0.1, 0.15) is 10.3 Å². The number of hydrogen-bond acceptors (Lipinski definition) is 4. The number of carboxylic acids is 1. The highest BCUT2D eigenvalue weighted by atomic mass is 35.5. The second kappa shape index (κ2) is 5.91. The smallest absolute Gasteiger partial charge is 0.321 e. The normalized spacial score (nSPS) is 13.8. The molecule has 102 valence electrons. The highest BCUT2D eigenvalue weighted by Crippen LogP contribution is 2.25. The van der Waals surface area contributed by atoms with E-state index >= 15 is 0 Å². The van der Waals surface area contributed by atoms with E-state index in [2.05, 4.69) is 0 Å². The van der Waals surface area contributed by atoms with E-state index in [1.54, 1.807) is 4.72 Å². The standard InChI is InChI=1S/C8H8ClF2NO4S2/c9-5-1-2-7(17-5)18(15,16)12-4(8(13)14)3-6(10)11/h1-2,4,6,12H,3H2,(H,13,14). The average molecular weight is 320 g/mol. The Morgan fingerprint density at radius 1 is 1.50 bits per heavy atom. The van der Waals surface area contributed by atoms with Gasteiger partial charge in [-0.15, -0.1) is 11.3 Å². The second-order valence-corrected chi connectivity index (χ2v) is 6.85. The Morgan fingerprint density at radius 2 is 2.11 bits per heavy atom. The molecule has 2 N–H and O–H groups in total. The van der Waals surface area contributed by atoms with Gasteiger partial charge in [-0.2, -0.15) is 4.72 Å². The van der Waals surface area contributed by atoms with Crippen molar-refractivity contribution in [1.29, 1.82) is 0 Å². The Morgan fingerprint density at radius 3 is 2.50 bits per heavy atom. The topological polar surface area (TPSA) is 83.5 Å². The summed E-state index contributed by atoms with van der Waals surface area (Å²) in [6.07, 6.45) is -4.03. The number of hydrogen-bond donors (Lipinski definition) is 2. The van der Waals surface area contributed by atoms with Gasteiger partial charge in [0.25, 0.3) is 10.0 Å². The Bertz CT molecular complexity index is 531. The fraction of sp³-hybridized carbons (Fsp3) is 0.375. The number of alkyl halides is 2. The molecule has 0 saturated heterocycles. The van der Waals surface area contributed by atoms with Crippen LogP contribution in [0.1, 0.15) is 6.42 Å². The first-order valence-electron chi connectivity index (χ1n) is 4.51. The van der Waals surface area contributed by atoms with Crippen LogP contribution in [0.2, 0.25) is 4.34 Å². The molecule has 18 heavy (non-hydrogen) atoms. The molecule has 0 fully saturated rings. The lowest BCUT2D eigenvalue weighted by atomic mass is 10.2. The van der Waals surface area contributed by atoms with E-state index in [0.717, 1.165) is 6.07 Å². The van der Waals surface area contributed by atoms with E-state index in [0.29, 0.717) is 11.3 Å². The predicted octanol–water partition coefficient (Wildman–Crippen LogP) is 1.79. The zero-order valence-corrected chi connectivity index (χ0v) is 11.0. The van der Waals surface area contributed by atoms with Crippen LogP contribution in [0.4, 0.5) is 8.78 Å². The quantitative estimate of drug-likeness (QED) is 0.837. The minimum absolute atomic E-state index is 0.191. The lowest BCUT2D eigenvalue weighted by molar-refractivity contribution is -0.140. The number of nitrogens with one attached hydrogen (secondary N) is 1. The summed E-state index contributed by atoms with van der Waals surface area (Å²) in [7, 11) is -4.16. The van der Waals surface area contributed by atoms with Gasteiger partial charge >= 0.3 is 5.97 Å². The van der Waals surface area contributed by atoms with Crippen molar-refractivity contribution in [3.8, 4) is 0 Å². The van der Waals surface area contributed by atoms with Gasteiger partial charge in [0, 0.05) is 6.42 Å². The van der Waals surface area contributed by atoms with E-state index in [1.807, 2.05) is 0 Å². The number of aliphatic carboxylic acids is 1. The minimum atomic E-state index is -4.16. The van der Waals surface area contributed by atoms with Crippen LogP contribution in [0.3, 0.4) is 0 Å². The SMILES string of the molecule is O=C(O)C(CC(F)F)NS(=O)(=O)c1ccc(Cl)s1. The maximum Gasteiger partial charge on any atom is 0.321 e. The molecule has 1 aromatic rings. The first-order chi connectivity index (χ1) is 8.22. The van der Waals surface area contributed by atoms with Gasteiger partial charge in [-0.3, -0.25) is 4.79 Å². The van der Waals surface area contributed by atoms with Gasteiger partial charge in [-0.05, 0) is 12.1 Å². The molecule has 0 aliphatic rings.